The van der Waals surface area contributed by atoms with E-state index < -0.39 is 32.1 Å². The van der Waals surface area contributed by atoms with E-state index in [1.54, 1.807) is 7.85 Å². The lowest BCUT2D eigenvalue weighted by molar-refractivity contribution is -0.0113. The summed E-state index contributed by atoms with van der Waals surface area (Å²) in [5, 5.41) is 19.0. The van der Waals surface area contributed by atoms with Gasteiger partial charge in [0.05, 0.1) is 12.6 Å². The van der Waals surface area contributed by atoms with Crippen molar-refractivity contribution in [2.24, 2.45) is 0 Å². The van der Waals surface area contributed by atoms with Crippen LogP contribution < -0.4 is 0 Å². The number of hydrogen-bond donors (Lipinski definition) is 2. The number of phosphoric ester groups is 1. The second-order valence-electron chi connectivity index (χ2n) is 3.47. The van der Waals surface area contributed by atoms with E-state index in [1.807, 2.05) is 0 Å². The predicted octanol–water partition coefficient (Wildman–Crippen LogP) is -1.52. The Kier molecular flexibility index (Phi) is 4.94. The number of hydrogen-bond acceptors (Lipinski definition) is 7. The van der Waals surface area contributed by atoms with Crippen LogP contribution in [0.1, 0.15) is 0 Å². The van der Waals surface area contributed by atoms with Crippen molar-refractivity contribution in [3.05, 3.63) is 0 Å². The Morgan fingerprint density at radius 3 is 2.25 bits per heavy atom. The van der Waals surface area contributed by atoms with Crippen LogP contribution in [0.2, 0.25) is 0 Å². The first kappa shape index (κ1) is 14.1. The lowest BCUT2D eigenvalue weighted by Crippen LogP contribution is -2.34. The molecular weight excluding hydrogens is 238 g/mol. The van der Waals surface area contributed by atoms with E-state index in [4.69, 9.17) is 9.26 Å². The Balaban J connectivity index is 2.48. The van der Waals surface area contributed by atoms with Crippen molar-refractivity contribution in [2.45, 2.75) is 24.3 Å². The molecule has 0 aromatic heterocycles. The molecule has 0 radical (unpaired) electrons. The Labute approximate surface area is 94.7 Å². The SMILES string of the molecule is BC1OC(COP(=O)(OC)OC)C(O)C1O. The third-order valence-corrected chi connectivity index (χ3v) is 3.81. The van der Waals surface area contributed by atoms with Crippen molar-refractivity contribution in [1.82, 2.24) is 0 Å². The lowest BCUT2D eigenvalue weighted by atomic mass is 9.93. The van der Waals surface area contributed by atoms with E-state index in [0.717, 1.165) is 0 Å². The molecule has 1 heterocycles. The van der Waals surface area contributed by atoms with Gasteiger partial charge in [0.2, 0.25) is 0 Å². The molecule has 7 nitrogen and oxygen atoms in total. The van der Waals surface area contributed by atoms with Gasteiger partial charge < -0.3 is 14.9 Å². The van der Waals surface area contributed by atoms with Crippen LogP contribution in [0.3, 0.4) is 0 Å². The van der Waals surface area contributed by atoms with Crippen molar-refractivity contribution in [1.29, 1.82) is 0 Å². The second-order valence-corrected chi connectivity index (χ2v) is 5.35. The molecule has 9 heteroatoms. The van der Waals surface area contributed by atoms with Crippen molar-refractivity contribution in [2.75, 3.05) is 20.8 Å². The maximum atomic E-state index is 11.5. The molecular formula is C7H16BO7P. The molecule has 1 saturated heterocycles. The minimum absolute atomic E-state index is 0.179. The highest BCUT2D eigenvalue weighted by molar-refractivity contribution is 7.48. The highest BCUT2D eigenvalue weighted by Gasteiger charge is 2.41. The van der Waals surface area contributed by atoms with Crippen LogP contribution in [0, 0.1) is 0 Å². The smallest absolute Gasteiger partial charge is 0.388 e. The highest BCUT2D eigenvalue weighted by Crippen LogP contribution is 2.47. The largest absolute Gasteiger partial charge is 0.474 e. The van der Waals surface area contributed by atoms with Crippen LogP contribution in [-0.2, 0) is 22.9 Å². The molecule has 0 aromatic rings. The molecule has 1 rings (SSSR count). The minimum atomic E-state index is -3.57. The van der Waals surface area contributed by atoms with E-state index >= 15 is 0 Å². The summed E-state index contributed by atoms with van der Waals surface area (Å²) < 4.78 is 30.7. The molecule has 1 aliphatic rings. The zero-order valence-electron chi connectivity index (χ0n) is 9.40. The molecule has 0 saturated carbocycles. The first-order valence-electron chi connectivity index (χ1n) is 4.81. The van der Waals surface area contributed by atoms with E-state index in [0.29, 0.717) is 0 Å². The van der Waals surface area contributed by atoms with Crippen molar-refractivity contribution < 1.29 is 33.1 Å². The Morgan fingerprint density at radius 1 is 1.31 bits per heavy atom. The van der Waals surface area contributed by atoms with Crippen molar-refractivity contribution in [3.8, 4) is 0 Å². The summed E-state index contributed by atoms with van der Waals surface area (Å²) in [6.45, 7) is -0.179. The van der Waals surface area contributed by atoms with Gasteiger partial charge in [-0.05, 0) is 0 Å². The van der Waals surface area contributed by atoms with Crippen LogP contribution in [-0.4, -0.2) is 63.2 Å². The molecule has 0 aromatic carbocycles. The molecule has 4 atom stereocenters. The average molecular weight is 254 g/mol. The molecule has 4 unspecified atom stereocenters. The molecule has 2 N–H and O–H groups in total. The zero-order chi connectivity index (χ0) is 12.3. The maximum absolute atomic E-state index is 11.5. The number of ether oxygens (including phenoxy) is 1. The molecule has 0 amide bonds. The molecule has 94 valence electrons. The summed E-state index contributed by atoms with van der Waals surface area (Å²) in [5.41, 5.74) is 0. The monoisotopic (exact) mass is 254 g/mol. The standard InChI is InChI=1S/C7H16BO7P/c1-12-16(11,13-2)14-3-4-5(9)6(10)7(8)15-4/h4-7,9-10H,3,8H2,1-2H3. The molecule has 16 heavy (non-hydrogen) atoms. The Bertz CT molecular complexity index is 267. The Morgan fingerprint density at radius 2 is 1.88 bits per heavy atom. The van der Waals surface area contributed by atoms with Gasteiger partial charge in [-0.3, -0.25) is 13.6 Å². The van der Waals surface area contributed by atoms with E-state index in [1.165, 1.54) is 14.2 Å². The van der Waals surface area contributed by atoms with Gasteiger partial charge in [-0.25, -0.2) is 4.57 Å². The molecule has 0 spiro atoms. The van der Waals surface area contributed by atoms with Crippen LogP contribution in [0.5, 0.6) is 0 Å². The van der Waals surface area contributed by atoms with Crippen LogP contribution >= 0.6 is 7.82 Å². The zero-order valence-corrected chi connectivity index (χ0v) is 10.3. The topological polar surface area (TPSA) is 94.5 Å². The van der Waals surface area contributed by atoms with Crippen LogP contribution in [0.25, 0.3) is 0 Å². The second kappa shape index (κ2) is 5.60. The minimum Gasteiger partial charge on any atom is -0.388 e. The summed E-state index contributed by atoms with van der Waals surface area (Å²) in [6, 6.07) is -0.493. The van der Waals surface area contributed by atoms with E-state index in [9.17, 15) is 14.8 Å². The lowest BCUT2D eigenvalue weighted by Gasteiger charge is -2.18. The summed E-state index contributed by atoms with van der Waals surface area (Å²) in [6.07, 6.45) is -2.79. The van der Waals surface area contributed by atoms with Gasteiger partial charge in [0, 0.05) is 14.2 Å². The third-order valence-electron chi connectivity index (χ3n) is 2.45. The van der Waals surface area contributed by atoms with Crippen molar-refractivity contribution >= 4 is 15.7 Å². The number of aliphatic hydroxyl groups excluding tert-OH is 2. The predicted molar refractivity (Wildman–Crippen MR) is 56.8 cm³/mol. The van der Waals surface area contributed by atoms with Gasteiger partial charge in [-0.2, -0.15) is 0 Å². The van der Waals surface area contributed by atoms with Crippen LogP contribution in [0.15, 0.2) is 0 Å². The van der Waals surface area contributed by atoms with Gasteiger partial charge >= 0.3 is 7.82 Å². The fourth-order valence-corrected chi connectivity index (χ4v) is 2.11. The van der Waals surface area contributed by atoms with Gasteiger partial charge in [0.25, 0.3) is 0 Å². The normalized spacial score (nSPS) is 35.5. The van der Waals surface area contributed by atoms with Gasteiger partial charge in [-0.1, -0.05) is 0 Å². The number of rotatable bonds is 5. The first-order chi connectivity index (χ1) is 7.43. The fourth-order valence-electron chi connectivity index (χ4n) is 1.42. The van der Waals surface area contributed by atoms with Crippen molar-refractivity contribution in [3.63, 3.8) is 0 Å². The van der Waals surface area contributed by atoms with E-state index in [2.05, 4.69) is 9.05 Å². The van der Waals surface area contributed by atoms with E-state index in [-0.39, 0.29) is 6.61 Å². The molecule has 0 aliphatic carbocycles. The summed E-state index contributed by atoms with van der Waals surface area (Å²) in [4.78, 5) is 0. The van der Waals surface area contributed by atoms with Gasteiger partial charge in [0.1, 0.15) is 26.2 Å². The molecule has 1 aliphatic heterocycles. The van der Waals surface area contributed by atoms with Crippen LogP contribution in [0.4, 0.5) is 0 Å². The van der Waals surface area contributed by atoms with Gasteiger partial charge in [0.15, 0.2) is 0 Å². The van der Waals surface area contributed by atoms with Gasteiger partial charge in [-0.15, -0.1) is 0 Å². The fraction of sp³-hybridized carbons (Fsp3) is 1.00. The average Bonchev–Trinajstić information content (AvgIpc) is 2.54. The number of phosphoric acid groups is 1. The summed E-state index contributed by atoms with van der Waals surface area (Å²) in [5.74, 6) is 0. The quantitative estimate of drug-likeness (QED) is 0.454. The molecule has 1 fully saturated rings. The Hall–Kier alpha value is 0.0549. The first-order valence-corrected chi connectivity index (χ1v) is 6.27. The summed E-state index contributed by atoms with van der Waals surface area (Å²) >= 11 is 0. The summed E-state index contributed by atoms with van der Waals surface area (Å²) in [7, 11) is 0.429. The molecule has 0 bridgehead atoms. The number of aliphatic hydroxyl groups is 2. The third kappa shape index (κ3) is 3.04. The highest BCUT2D eigenvalue weighted by atomic mass is 31.2. The maximum Gasteiger partial charge on any atom is 0.474 e.